The van der Waals surface area contributed by atoms with E-state index in [2.05, 4.69) is 0 Å². The Bertz CT molecular complexity index is 728. The third-order valence-electron chi connectivity index (χ3n) is 2.56. The van der Waals surface area contributed by atoms with Gasteiger partial charge in [0.2, 0.25) is 0 Å². The Morgan fingerprint density at radius 1 is 1.06 bits per heavy atom. The van der Waals surface area contributed by atoms with Gasteiger partial charge in [0.15, 0.2) is 0 Å². The molecule has 4 heteroatoms. The second kappa shape index (κ2) is 3.91. The van der Waals surface area contributed by atoms with Crippen LogP contribution in [0.3, 0.4) is 0 Å². The van der Waals surface area contributed by atoms with Crippen LogP contribution in [0.5, 0.6) is 5.75 Å². The molecule has 3 nitrogen and oxygen atoms in total. The fraction of sp³-hybridized carbons (Fsp3) is 0. The van der Waals surface area contributed by atoms with Crippen LogP contribution in [0.25, 0.3) is 15.3 Å². The van der Waals surface area contributed by atoms with Crippen LogP contribution in [0.4, 0.5) is 0 Å². The zero-order chi connectivity index (χ0) is 11.8. The van der Waals surface area contributed by atoms with Crippen LogP contribution in [0.1, 0.15) is 0 Å². The molecule has 84 valence electrons. The number of para-hydroxylation sites is 1. The number of phenols is 1. The van der Waals surface area contributed by atoms with Crippen molar-refractivity contribution >= 4 is 24.4 Å². The molecule has 2 aromatic carbocycles. The maximum absolute atomic E-state index is 12.2. The summed E-state index contributed by atoms with van der Waals surface area (Å²) in [6.45, 7) is 0. The summed E-state index contributed by atoms with van der Waals surface area (Å²) in [5.41, 5.74) is 0.885. The van der Waals surface area contributed by atoms with Gasteiger partial charge >= 0.3 is 103 Å². The molecule has 17 heavy (non-hydrogen) atoms. The van der Waals surface area contributed by atoms with Crippen molar-refractivity contribution in [2.45, 2.75) is 0 Å². The molecule has 0 spiro atoms. The van der Waals surface area contributed by atoms with Crippen molar-refractivity contribution in [3.05, 3.63) is 58.9 Å². The first kappa shape index (κ1) is 10.4. The van der Waals surface area contributed by atoms with Crippen LogP contribution in [0.2, 0.25) is 0 Å². The third-order valence-corrected chi connectivity index (χ3v) is 4.89. The van der Waals surface area contributed by atoms with E-state index >= 15 is 0 Å². The number of fused-ring (bicyclic) bond motifs is 1. The predicted octanol–water partition coefficient (Wildman–Crippen LogP) is 1.75. The minimum absolute atomic E-state index is 0.0258. The maximum atomic E-state index is 12.2. The van der Waals surface area contributed by atoms with Crippen LogP contribution in [0.15, 0.2) is 53.3 Å². The van der Waals surface area contributed by atoms with Crippen molar-refractivity contribution in [2.24, 2.45) is 0 Å². The third kappa shape index (κ3) is 1.71. The molecule has 0 atom stereocenters. The number of aromatic nitrogens is 1. The number of nitrogens with zero attached hydrogens (tertiary/aromatic N) is 1. The van der Waals surface area contributed by atoms with E-state index < -0.39 is 0 Å². The molecule has 1 aromatic heterocycles. The molecular weight excluding hydrogens is 281 g/mol. The molecule has 1 heterocycles. The minimum atomic E-state index is -0.0402. The summed E-state index contributed by atoms with van der Waals surface area (Å²) in [6, 6.07) is 14.6. The topological polar surface area (TPSA) is 42.2 Å². The van der Waals surface area contributed by atoms with E-state index in [0.29, 0.717) is 5.39 Å². The Kier molecular flexibility index (Phi) is 2.39. The van der Waals surface area contributed by atoms with E-state index in [1.54, 1.807) is 15.7 Å². The molecule has 3 aromatic rings. The van der Waals surface area contributed by atoms with Crippen molar-refractivity contribution in [3.8, 4) is 11.4 Å². The molecule has 3 rings (SSSR count). The average molecular weight is 290 g/mol. The molecule has 0 aliphatic heterocycles. The van der Waals surface area contributed by atoms with Crippen molar-refractivity contribution in [3.63, 3.8) is 0 Å². The summed E-state index contributed by atoms with van der Waals surface area (Å²) >= 11 is -0.0402. The van der Waals surface area contributed by atoms with Crippen LogP contribution in [-0.4, -0.2) is 23.4 Å². The summed E-state index contributed by atoms with van der Waals surface area (Å²) in [6.07, 6.45) is 0. The van der Waals surface area contributed by atoms with Gasteiger partial charge in [-0.15, -0.1) is 0 Å². The number of benzene rings is 2. The fourth-order valence-corrected chi connectivity index (χ4v) is 3.80. The molecule has 0 unspecified atom stereocenters. The first-order chi connectivity index (χ1) is 8.25. The molecule has 0 saturated carbocycles. The van der Waals surface area contributed by atoms with Crippen LogP contribution < -0.4 is 5.56 Å². The second-order valence-corrected chi connectivity index (χ2v) is 5.78. The molecule has 0 saturated heterocycles. The molecule has 0 aliphatic rings. The van der Waals surface area contributed by atoms with Crippen molar-refractivity contribution in [1.82, 2.24) is 3.56 Å². The van der Waals surface area contributed by atoms with Gasteiger partial charge in [0.1, 0.15) is 0 Å². The molecule has 0 amide bonds. The van der Waals surface area contributed by atoms with Crippen molar-refractivity contribution in [2.75, 3.05) is 0 Å². The summed E-state index contributed by atoms with van der Waals surface area (Å²) < 4.78 is 2.79. The van der Waals surface area contributed by atoms with Gasteiger partial charge in [-0.1, -0.05) is 0 Å². The number of aromatic hydroxyl groups is 1. The normalized spacial score (nSPS) is 10.8. The monoisotopic (exact) mass is 291 g/mol. The van der Waals surface area contributed by atoms with Gasteiger partial charge in [-0.05, 0) is 0 Å². The number of rotatable bonds is 1. The van der Waals surface area contributed by atoms with Crippen LogP contribution >= 0.6 is 0 Å². The Hall–Kier alpha value is -1.77. The quantitative estimate of drug-likeness (QED) is 0.694. The van der Waals surface area contributed by atoms with Gasteiger partial charge < -0.3 is 0 Å². The molecule has 1 N–H and O–H groups in total. The van der Waals surface area contributed by atoms with E-state index in [1.807, 2.05) is 36.4 Å². The summed E-state index contributed by atoms with van der Waals surface area (Å²) in [7, 11) is 0. The summed E-state index contributed by atoms with van der Waals surface area (Å²) in [4.78, 5) is 12.2. The first-order valence-electron chi connectivity index (χ1n) is 5.16. The zero-order valence-electron chi connectivity index (χ0n) is 8.83. The number of phenolic OH excluding ortho intramolecular Hbond substituents is 1. The van der Waals surface area contributed by atoms with Gasteiger partial charge in [-0.3, -0.25) is 0 Å². The van der Waals surface area contributed by atoms with Crippen molar-refractivity contribution in [1.29, 1.82) is 0 Å². The molecule has 0 radical (unpaired) electrons. The fourth-order valence-electron chi connectivity index (χ4n) is 1.75. The zero-order valence-corrected chi connectivity index (χ0v) is 10.5. The van der Waals surface area contributed by atoms with Crippen molar-refractivity contribution < 1.29 is 5.11 Å². The average Bonchev–Trinajstić information content (AvgIpc) is 2.68. The Morgan fingerprint density at radius 3 is 2.59 bits per heavy atom. The van der Waals surface area contributed by atoms with E-state index in [4.69, 9.17) is 0 Å². The Balaban J connectivity index is 2.33. The number of hydrogen-bond acceptors (Lipinski definition) is 2. The van der Waals surface area contributed by atoms with Gasteiger partial charge in [0, 0.05) is 0 Å². The molecular formula is C13H9NO2Se. The molecule has 0 bridgehead atoms. The first-order valence-corrected chi connectivity index (χ1v) is 6.78. The number of hydrogen-bond donors (Lipinski definition) is 1. The Labute approximate surface area is 104 Å². The van der Waals surface area contributed by atoms with E-state index in [9.17, 15) is 9.90 Å². The molecule has 0 aliphatic carbocycles. The van der Waals surface area contributed by atoms with E-state index in [0.717, 1.165) is 9.95 Å². The SMILES string of the molecule is O=c1c2cc(O)ccc2[se]n1-c1ccccc1. The summed E-state index contributed by atoms with van der Waals surface area (Å²) in [5, 5.41) is 10.0. The van der Waals surface area contributed by atoms with Gasteiger partial charge in [-0.2, -0.15) is 0 Å². The summed E-state index contributed by atoms with van der Waals surface area (Å²) in [5.74, 6) is 0.141. The van der Waals surface area contributed by atoms with Crippen LogP contribution in [-0.2, 0) is 0 Å². The Morgan fingerprint density at radius 2 is 1.82 bits per heavy atom. The standard InChI is InChI=1S/C13H9NO2Se/c15-10-6-7-12-11(8-10)13(16)14(17-12)9-4-2-1-3-5-9/h1-8,15H. The van der Waals surface area contributed by atoms with Gasteiger partial charge in [0.25, 0.3) is 0 Å². The molecule has 0 fully saturated rings. The van der Waals surface area contributed by atoms with Crippen LogP contribution in [0, 0.1) is 0 Å². The predicted molar refractivity (Wildman–Crippen MR) is 68.1 cm³/mol. The second-order valence-electron chi connectivity index (χ2n) is 3.71. The van der Waals surface area contributed by atoms with E-state index in [1.165, 1.54) is 0 Å². The van der Waals surface area contributed by atoms with E-state index in [-0.39, 0.29) is 26.0 Å². The van der Waals surface area contributed by atoms with Gasteiger partial charge in [0.05, 0.1) is 0 Å². The van der Waals surface area contributed by atoms with Gasteiger partial charge in [-0.25, -0.2) is 0 Å².